The first-order valence-electron chi connectivity index (χ1n) is 5.72. The van der Waals surface area contributed by atoms with E-state index in [9.17, 15) is 35.9 Å². The smallest absolute Gasteiger partial charge is 0.422 e. The van der Waals surface area contributed by atoms with Crippen LogP contribution < -0.4 is 10.6 Å². The number of nitrogens with one attached hydrogen (secondary N) is 2. The van der Waals surface area contributed by atoms with Crippen molar-refractivity contribution >= 4 is 12.0 Å². The Bertz CT molecular complexity index is 382. The molecule has 0 aromatic carbocycles. The van der Waals surface area contributed by atoms with E-state index in [0.29, 0.717) is 0 Å². The van der Waals surface area contributed by atoms with Crippen molar-refractivity contribution in [3.05, 3.63) is 0 Å². The van der Waals surface area contributed by atoms with Crippen molar-refractivity contribution in [2.45, 2.75) is 44.1 Å². The van der Waals surface area contributed by atoms with Crippen molar-refractivity contribution in [2.24, 2.45) is 0 Å². The molecule has 0 radical (unpaired) electrons. The Kier molecular flexibility index (Phi) is 6.30. The molecular weight excluding hydrogens is 310 g/mol. The Balaban J connectivity index is 4.28. The van der Waals surface area contributed by atoms with Crippen LogP contribution in [-0.2, 0) is 4.79 Å². The van der Waals surface area contributed by atoms with Crippen molar-refractivity contribution in [3.8, 4) is 0 Å². The van der Waals surface area contributed by atoms with Gasteiger partial charge in [0.1, 0.15) is 0 Å². The number of carbonyl (C=O) groups is 2. The van der Waals surface area contributed by atoms with E-state index in [0.717, 1.165) is 0 Å². The largest absolute Gasteiger partial charge is 0.479 e. The molecule has 0 saturated carbocycles. The van der Waals surface area contributed by atoms with Gasteiger partial charge in [0.25, 0.3) is 0 Å². The molecule has 0 aliphatic heterocycles. The number of urea groups is 1. The molecule has 0 fully saturated rings. The summed E-state index contributed by atoms with van der Waals surface area (Å²) in [5.41, 5.74) is -3.48. The third-order valence-corrected chi connectivity index (χ3v) is 2.53. The summed E-state index contributed by atoms with van der Waals surface area (Å²) in [4.78, 5) is 21.8. The van der Waals surface area contributed by atoms with Crippen LogP contribution in [0.5, 0.6) is 0 Å². The maximum Gasteiger partial charge on any atom is 0.422 e. The molecule has 21 heavy (non-hydrogen) atoms. The number of carbonyl (C=O) groups excluding carboxylic acids is 1. The third kappa shape index (κ3) is 6.54. The Morgan fingerprint density at radius 3 is 1.95 bits per heavy atom. The van der Waals surface area contributed by atoms with Gasteiger partial charge < -0.3 is 15.7 Å². The molecule has 0 rings (SSSR count). The lowest BCUT2D eigenvalue weighted by Crippen LogP contribution is -2.63. The highest BCUT2D eigenvalue weighted by atomic mass is 19.4. The van der Waals surface area contributed by atoms with Crippen LogP contribution in [0.4, 0.5) is 31.1 Å². The molecule has 0 saturated heterocycles. The minimum Gasteiger partial charge on any atom is -0.479 e. The van der Waals surface area contributed by atoms with Crippen LogP contribution in [0.15, 0.2) is 0 Å². The second kappa shape index (κ2) is 6.85. The fraction of sp³-hybridized carbons (Fsp3) is 0.800. The number of hydrogen-bond acceptors (Lipinski definition) is 2. The highest BCUT2D eigenvalue weighted by molar-refractivity contribution is 5.86. The zero-order chi connectivity index (χ0) is 16.9. The molecule has 1 atom stereocenters. The summed E-state index contributed by atoms with van der Waals surface area (Å²) in [6.07, 6.45) is -11.1. The van der Waals surface area contributed by atoms with Gasteiger partial charge in [-0.15, -0.1) is 0 Å². The SMILES string of the molecule is CC(NC(=O)NCCCCC(F)(F)F)(C(=O)O)C(F)(F)F. The molecule has 0 aliphatic carbocycles. The third-order valence-electron chi connectivity index (χ3n) is 2.53. The summed E-state index contributed by atoms with van der Waals surface area (Å²) in [6.45, 7) is -0.0476. The predicted molar refractivity (Wildman–Crippen MR) is 58.5 cm³/mol. The molecule has 0 aromatic heterocycles. The molecule has 3 N–H and O–H groups in total. The first-order chi connectivity index (χ1) is 9.29. The molecule has 0 aromatic rings. The van der Waals surface area contributed by atoms with E-state index in [2.05, 4.69) is 0 Å². The average molecular weight is 324 g/mol. The predicted octanol–water partition coefficient (Wildman–Crippen LogP) is 2.42. The first-order valence-corrected chi connectivity index (χ1v) is 5.72. The van der Waals surface area contributed by atoms with Crippen molar-refractivity contribution in [1.29, 1.82) is 0 Å². The molecule has 0 bridgehead atoms. The van der Waals surface area contributed by atoms with Gasteiger partial charge in [0.15, 0.2) is 0 Å². The minimum atomic E-state index is -5.23. The Morgan fingerprint density at radius 1 is 1.05 bits per heavy atom. The second-order valence-corrected chi connectivity index (χ2v) is 4.38. The van der Waals surface area contributed by atoms with Crippen LogP contribution in [0.25, 0.3) is 0 Å². The van der Waals surface area contributed by atoms with Gasteiger partial charge in [-0.3, -0.25) is 0 Å². The Labute approximate surface area is 115 Å². The zero-order valence-corrected chi connectivity index (χ0v) is 10.9. The fourth-order valence-electron chi connectivity index (χ4n) is 1.17. The standard InChI is InChI=1S/C10H14F6N2O3/c1-8(6(19)20,10(14,15)16)18-7(21)17-5-3-2-4-9(11,12)13/h2-5H2,1H3,(H,19,20)(H2,17,18,21). The number of hydrogen-bond donors (Lipinski definition) is 3. The minimum absolute atomic E-state index is 0.108. The van der Waals surface area contributed by atoms with Crippen LogP contribution in [0.3, 0.4) is 0 Å². The lowest BCUT2D eigenvalue weighted by molar-refractivity contribution is -0.203. The monoisotopic (exact) mass is 324 g/mol. The van der Waals surface area contributed by atoms with E-state index in [-0.39, 0.29) is 26.3 Å². The summed E-state index contributed by atoms with van der Waals surface area (Å²) >= 11 is 0. The molecule has 0 heterocycles. The van der Waals surface area contributed by atoms with Crippen molar-refractivity contribution < 1.29 is 41.0 Å². The van der Waals surface area contributed by atoms with Gasteiger partial charge in [-0.05, 0) is 19.8 Å². The highest BCUT2D eigenvalue weighted by Gasteiger charge is 2.58. The van der Waals surface area contributed by atoms with E-state index >= 15 is 0 Å². The topological polar surface area (TPSA) is 78.4 Å². The van der Waals surface area contributed by atoms with Gasteiger partial charge in [-0.1, -0.05) is 0 Å². The highest BCUT2D eigenvalue weighted by Crippen LogP contribution is 2.30. The van der Waals surface area contributed by atoms with E-state index in [1.165, 1.54) is 5.32 Å². The molecular formula is C10H14F6N2O3. The van der Waals surface area contributed by atoms with Crippen LogP contribution >= 0.6 is 0 Å². The number of rotatable bonds is 6. The van der Waals surface area contributed by atoms with Gasteiger partial charge in [0, 0.05) is 13.0 Å². The first kappa shape index (κ1) is 19.3. The Morgan fingerprint density at radius 2 is 1.57 bits per heavy atom. The summed E-state index contributed by atoms with van der Waals surface area (Å²) in [6, 6.07) is -1.43. The maximum absolute atomic E-state index is 12.5. The van der Waals surface area contributed by atoms with Crippen molar-refractivity contribution in [1.82, 2.24) is 10.6 Å². The molecule has 0 spiro atoms. The number of alkyl halides is 6. The summed E-state index contributed by atoms with van der Waals surface area (Å²) in [5.74, 6) is -2.30. The van der Waals surface area contributed by atoms with Gasteiger partial charge in [0.05, 0.1) is 0 Å². The maximum atomic E-state index is 12.5. The lowest BCUT2D eigenvalue weighted by Gasteiger charge is -2.28. The quantitative estimate of drug-likeness (QED) is 0.519. The summed E-state index contributed by atoms with van der Waals surface area (Å²) in [5, 5.41) is 11.6. The van der Waals surface area contributed by atoms with E-state index in [1.54, 1.807) is 0 Å². The number of aliphatic carboxylic acids is 1. The van der Waals surface area contributed by atoms with E-state index < -0.39 is 36.3 Å². The van der Waals surface area contributed by atoms with E-state index in [4.69, 9.17) is 5.11 Å². The fourth-order valence-corrected chi connectivity index (χ4v) is 1.17. The molecule has 2 amide bonds. The molecule has 0 aliphatic rings. The average Bonchev–Trinajstić information content (AvgIpc) is 2.24. The van der Waals surface area contributed by atoms with Crippen molar-refractivity contribution in [2.75, 3.05) is 6.54 Å². The molecule has 11 heteroatoms. The molecule has 124 valence electrons. The van der Waals surface area contributed by atoms with Gasteiger partial charge in [0.2, 0.25) is 5.54 Å². The van der Waals surface area contributed by atoms with Crippen LogP contribution in [0.2, 0.25) is 0 Å². The summed E-state index contributed by atoms with van der Waals surface area (Å²) < 4.78 is 73.0. The molecule has 1 unspecified atom stereocenters. The number of carboxylic acid groups (broad SMARTS) is 1. The normalized spacial score (nSPS) is 15.2. The van der Waals surface area contributed by atoms with Crippen molar-refractivity contribution in [3.63, 3.8) is 0 Å². The molecule has 5 nitrogen and oxygen atoms in total. The van der Waals surface area contributed by atoms with E-state index in [1.807, 2.05) is 5.32 Å². The van der Waals surface area contributed by atoms with Gasteiger partial charge in [-0.2, -0.15) is 26.3 Å². The number of carboxylic acids is 1. The van der Waals surface area contributed by atoms with Gasteiger partial charge >= 0.3 is 24.4 Å². The zero-order valence-electron chi connectivity index (χ0n) is 10.9. The number of unbranched alkanes of at least 4 members (excludes halogenated alkanes) is 1. The lowest BCUT2D eigenvalue weighted by atomic mass is 10.0. The van der Waals surface area contributed by atoms with Crippen LogP contribution in [0, 0.1) is 0 Å². The van der Waals surface area contributed by atoms with Crippen LogP contribution in [0.1, 0.15) is 26.2 Å². The summed E-state index contributed by atoms with van der Waals surface area (Å²) in [7, 11) is 0. The number of halogens is 6. The van der Waals surface area contributed by atoms with Gasteiger partial charge in [-0.25, -0.2) is 9.59 Å². The second-order valence-electron chi connectivity index (χ2n) is 4.38. The number of amides is 2. The Hall–Kier alpha value is -1.68. The van der Waals surface area contributed by atoms with Crippen LogP contribution in [-0.4, -0.2) is 41.5 Å².